The van der Waals surface area contributed by atoms with Gasteiger partial charge in [0, 0.05) is 0 Å². The molecule has 0 aliphatic carbocycles. The molecule has 0 amide bonds. The zero-order chi connectivity index (χ0) is 15.4. The molecule has 0 radical (unpaired) electrons. The molecule has 0 heterocycles. The fraction of sp³-hybridized carbons (Fsp3) is 0.455. The van der Waals surface area contributed by atoms with Crippen molar-refractivity contribution in [2.75, 3.05) is 5.75 Å². The van der Waals surface area contributed by atoms with Gasteiger partial charge in [0.15, 0.2) is 0 Å². The van der Waals surface area contributed by atoms with Gasteiger partial charge >= 0.3 is 127 Å². The molecule has 0 unspecified atom stereocenters. The molecule has 1 aromatic carbocycles. The van der Waals surface area contributed by atoms with Crippen molar-refractivity contribution < 1.29 is 24.9 Å². The Morgan fingerprint density at radius 1 is 1.35 bits per heavy atom. The molecular weight excluding hydrogens is 380 g/mol. The predicted molar refractivity (Wildman–Crippen MR) is 74.4 cm³/mol. The van der Waals surface area contributed by atoms with Gasteiger partial charge in [0.05, 0.1) is 0 Å². The van der Waals surface area contributed by atoms with Crippen molar-refractivity contribution in [3.8, 4) is 0 Å². The van der Waals surface area contributed by atoms with Crippen LogP contribution in [0.3, 0.4) is 0 Å². The molecular formula is C11H13F3O3S2Se. The Balaban J connectivity index is 2.89. The van der Waals surface area contributed by atoms with Crippen molar-refractivity contribution in [1.82, 2.24) is 0 Å². The summed E-state index contributed by atoms with van der Waals surface area (Å²) in [5.74, 6) is 0.851. The molecule has 0 bridgehead atoms. The Morgan fingerprint density at radius 3 is 2.50 bits per heavy atom. The zero-order valence-electron chi connectivity index (χ0n) is 10.7. The Kier molecular flexibility index (Phi) is 6.40. The maximum atomic E-state index is 12.2. The van der Waals surface area contributed by atoms with Crippen LogP contribution in [0.5, 0.6) is 0 Å². The van der Waals surface area contributed by atoms with Gasteiger partial charge in [-0.15, -0.1) is 0 Å². The first-order valence-corrected chi connectivity index (χ1v) is 9.58. The van der Waals surface area contributed by atoms with Crippen molar-refractivity contribution in [3.05, 3.63) is 29.8 Å². The summed E-state index contributed by atoms with van der Waals surface area (Å²) >= 11 is 0.378. The van der Waals surface area contributed by atoms with Gasteiger partial charge in [-0.25, -0.2) is 0 Å². The van der Waals surface area contributed by atoms with Crippen LogP contribution in [-0.4, -0.2) is 35.0 Å². The molecule has 3 nitrogen and oxygen atoms in total. The van der Waals surface area contributed by atoms with Gasteiger partial charge in [-0.1, -0.05) is 0 Å². The van der Waals surface area contributed by atoms with Crippen LogP contribution >= 0.6 is 11.8 Å². The summed E-state index contributed by atoms with van der Waals surface area (Å²) in [5, 5.41) is 0.0651. The van der Waals surface area contributed by atoms with Gasteiger partial charge in [0.1, 0.15) is 0 Å². The van der Waals surface area contributed by atoms with Crippen molar-refractivity contribution in [3.63, 3.8) is 0 Å². The Morgan fingerprint density at radius 2 is 1.95 bits per heavy atom. The number of rotatable bonds is 6. The molecule has 0 aliphatic rings. The fourth-order valence-corrected chi connectivity index (χ4v) is 5.15. The molecule has 0 aromatic heterocycles. The quantitative estimate of drug-likeness (QED) is 0.551. The van der Waals surface area contributed by atoms with E-state index in [-0.39, 0.29) is 5.25 Å². The first-order chi connectivity index (χ1) is 9.19. The Labute approximate surface area is 126 Å². The van der Waals surface area contributed by atoms with Gasteiger partial charge in [-0.05, 0) is 0 Å². The molecule has 1 rings (SSSR count). The molecule has 1 atom stereocenters. The number of benzene rings is 1. The maximum absolute atomic E-state index is 12.2. The fourth-order valence-electron chi connectivity index (χ4n) is 1.35. The minimum atomic E-state index is -5.53. The van der Waals surface area contributed by atoms with Crippen LogP contribution in [0.15, 0.2) is 24.3 Å². The van der Waals surface area contributed by atoms with Crippen LogP contribution in [0, 0.1) is 0 Å². The normalized spacial score (nSPS) is 14.2. The number of alkyl halides is 3. The van der Waals surface area contributed by atoms with E-state index < -0.39 is 30.9 Å². The van der Waals surface area contributed by atoms with Gasteiger partial charge in [0.25, 0.3) is 0 Å². The van der Waals surface area contributed by atoms with Crippen LogP contribution in [-0.2, 0) is 13.4 Å². The molecule has 20 heavy (non-hydrogen) atoms. The second kappa shape index (κ2) is 7.17. The number of thioether (sulfide) groups is 1. The standard InChI is InChI=1S/C11H13F3O3S2Se/c1-3-18-8(2)9-6-4-5-7-10(9)20-17-19(15,16)11(12,13)14/h4-8H,3H2,1-2H3/t8-/m1/s1. The number of halogens is 3. The van der Waals surface area contributed by atoms with E-state index in [2.05, 4.69) is 3.27 Å². The number of hydrogen-bond donors (Lipinski definition) is 0. The van der Waals surface area contributed by atoms with E-state index in [0.29, 0.717) is 4.46 Å². The van der Waals surface area contributed by atoms with Gasteiger partial charge < -0.3 is 0 Å². The third-order valence-electron chi connectivity index (χ3n) is 2.27. The molecule has 1 aromatic rings. The second-order valence-corrected chi connectivity index (χ2v) is 8.94. The van der Waals surface area contributed by atoms with Crippen LogP contribution in [0.4, 0.5) is 13.2 Å². The van der Waals surface area contributed by atoms with E-state index in [1.54, 1.807) is 36.0 Å². The van der Waals surface area contributed by atoms with Crippen LogP contribution in [0.1, 0.15) is 24.7 Å². The van der Waals surface area contributed by atoms with Gasteiger partial charge in [-0.3, -0.25) is 0 Å². The average molecular weight is 393 g/mol. The summed E-state index contributed by atoms with van der Waals surface area (Å²) in [6, 6.07) is 6.77. The third-order valence-corrected chi connectivity index (χ3v) is 6.88. The third kappa shape index (κ3) is 4.66. The Hall–Kier alpha value is -0.211. The van der Waals surface area contributed by atoms with E-state index in [9.17, 15) is 21.6 Å². The van der Waals surface area contributed by atoms with Crippen molar-refractivity contribution >= 4 is 41.6 Å². The summed E-state index contributed by atoms with van der Waals surface area (Å²) in [5.41, 5.74) is -4.58. The van der Waals surface area contributed by atoms with Gasteiger partial charge in [-0.2, -0.15) is 0 Å². The Bertz CT molecular complexity index is 546. The summed E-state index contributed by atoms with van der Waals surface area (Å²) in [7, 11) is -5.53. The molecule has 0 spiro atoms. The monoisotopic (exact) mass is 394 g/mol. The van der Waals surface area contributed by atoms with Crippen LogP contribution in [0.25, 0.3) is 0 Å². The van der Waals surface area contributed by atoms with Crippen LogP contribution in [0.2, 0.25) is 0 Å². The molecule has 0 fully saturated rings. The van der Waals surface area contributed by atoms with E-state index in [0.717, 1.165) is 11.3 Å². The predicted octanol–water partition coefficient (Wildman–Crippen LogP) is 2.61. The first-order valence-electron chi connectivity index (χ1n) is 5.57. The molecule has 9 heteroatoms. The first kappa shape index (κ1) is 17.8. The summed E-state index contributed by atoms with van der Waals surface area (Å²) < 4.78 is 63.1. The van der Waals surface area contributed by atoms with Crippen molar-refractivity contribution in [2.24, 2.45) is 0 Å². The topological polar surface area (TPSA) is 43.4 Å². The van der Waals surface area contributed by atoms with E-state index in [1.807, 2.05) is 13.8 Å². The molecule has 0 saturated heterocycles. The molecule has 0 saturated carbocycles. The molecule has 0 aliphatic heterocycles. The molecule has 0 N–H and O–H groups in total. The SMILES string of the molecule is CCS[C@H](C)c1ccccc1[Se]OS(=O)(=O)C(F)(F)F. The average Bonchev–Trinajstić information content (AvgIpc) is 2.35. The summed E-state index contributed by atoms with van der Waals surface area (Å²) in [4.78, 5) is 0. The van der Waals surface area contributed by atoms with Crippen LogP contribution < -0.4 is 4.46 Å². The molecule has 114 valence electrons. The van der Waals surface area contributed by atoms with E-state index in [4.69, 9.17) is 0 Å². The zero-order valence-corrected chi connectivity index (χ0v) is 14.0. The van der Waals surface area contributed by atoms with E-state index >= 15 is 0 Å². The number of hydrogen-bond acceptors (Lipinski definition) is 4. The summed E-state index contributed by atoms with van der Waals surface area (Å²) in [6.45, 7) is 3.89. The minimum absolute atomic E-state index is 0.0651. The van der Waals surface area contributed by atoms with Crippen molar-refractivity contribution in [2.45, 2.75) is 24.6 Å². The second-order valence-electron chi connectivity index (χ2n) is 3.69. The summed E-state index contributed by atoms with van der Waals surface area (Å²) in [6.07, 6.45) is 0. The van der Waals surface area contributed by atoms with Crippen molar-refractivity contribution in [1.29, 1.82) is 0 Å². The van der Waals surface area contributed by atoms with Gasteiger partial charge in [0.2, 0.25) is 0 Å². The van der Waals surface area contributed by atoms with E-state index in [1.165, 1.54) is 0 Å².